The van der Waals surface area contributed by atoms with Crippen molar-refractivity contribution in [1.29, 1.82) is 0 Å². The fraction of sp³-hybridized carbons (Fsp3) is 0.333. The lowest BCUT2D eigenvalue weighted by molar-refractivity contribution is 0.185. The van der Waals surface area contributed by atoms with Gasteiger partial charge >= 0.3 is 0 Å². The lowest BCUT2D eigenvalue weighted by atomic mass is 10.1. The van der Waals surface area contributed by atoms with Crippen molar-refractivity contribution in [3.8, 4) is 11.3 Å². The summed E-state index contributed by atoms with van der Waals surface area (Å²) in [6.45, 7) is 2.59. The molecule has 1 saturated heterocycles. The summed E-state index contributed by atoms with van der Waals surface area (Å²) in [5.41, 5.74) is 2.45. The Bertz CT molecular complexity index is 825. The van der Waals surface area contributed by atoms with Crippen LogP contribution in [-0.2, 0) is 4.74 Å². The number of nitrogens with zero attached hydrogens (tertiary/aromatic N) is 3. The molecule has 0 saturated carbocycles. The number of fused-ring (bicyclic) bond motifs is 1. The highest BCUT2D eigenvalue weighted by Crippen LogP contribution is 2.23. The monoisotopic (exact) mass is 326 g/mol. The molecule has 6 heteroatoms. The first-order valence-corrected chi connectivity index (χ1v) is 8.22. The third-order valence-corrected chi connectivity index (χ3v) is 4.38. The Morgan fingerprint density at radius 2 is 2.12 bits per heavy atom. The van der Waals surface area contributed by atoms with Crippen LogP contribution in [0, 0.1) is 11.7 Å². The van der Waals surface area contributed by atoms with Gasteiger partial charge in [0.15, 0.2) is 5.65 Å². The SMILES string of the molecule is Fc1ccc(-c2cc(NCCC3CCOC3)n3nccc3n2)cc1. The highest BCUT2D eigenvalue weighted by Gasteiger charge is 2.15. The van der Waals surface area contributed by atoms with Crippen LogP contribution in [0.15, 0.2) is 42.6 Å². The fourth-order valence-corrected chi connectivity index (χ4v) is 3.02. The fourth-order valence-electron chi connectivity index (χ4n) is 3.02. The van der Waals surface area contributed by atoms with E-state index in [-0.39, 0.29) is 5.82 Å². The molecule has 1 fully saturated rings. The van der Waals surface area contributed by atoms with Gasteiger partial charge in [0.05, 0.1) is 11.9 Å². The third kappa shape index (κ3) is 3.10. The average molecular weight is 326 g/mol. The quantitative estimate of drug-likeness (QED) is 0.781. The summed E-state index contributed by atoms with van der Waals surface area (Å²) in [5, 5.41) is 7.78. The Morgan fingerprint density at radius 1 is 1.25 bits per heavy atom. The summed E-state index contributed by atoms with van der Waals surface area (Å²) in [6.07, 6.45) is 3.93. The van der Waals surface area contributed by atoms with E-state index in [0.29, 0.717) is 5.92 Å². The normalized spacial score (nSPS) is 17.5. The van der Waals surface area contributed by atoms with Crippen LogP contribution in [0.4, 0.5) is 10.2 Å². The molecule has 0 spiro atoms. The summed E-state index contributed by atoms with van der Waals surface area (Å²) >= 11 is 0. The number of hydrogen-bond acceptors (Lipinski definition) is 4. The van der Waals surface area contributed by atoms with E-state index in [9.17, 15) is 4.39 Å². The van der Waals surface area contributed by atoms with Crippen molar-refractivity contribution < 1.29 is 9.13 Å². The van der Waals surface area contributed by atoms with Gasteiger partial charge in [-0.05, 0) is 43.0 Å². The van der Waals surface area contributed by atoms with Gasteiger partial charge in [0.2, 0.25) is 0 Å². The van der Waals surface area contributed by atoms with Crippen LogP contribution in [0.5, 0.6) is 0 Å². The molecule has 1 unspecified atom stereocenters. The molecule has 3 aromatic rings. The van der Waals surface area contributed by atoms with E-state index in [4.69, 9.17) is 4.74 Å². The molecule has 4 rings (SSSR count). The zero-order chi connectivity index (χ0) is 16.4. The molecular weight excluding hydrogens is 307 g/mol. The molecule has 1 aromatic carbocycles. The van der Waals surface area contributed by atoms with Gasteiger partial charge in [0.1, 0.15) is 11.6 Å². The predicted octanol–water partition coefficient (Wildman–Crippen LogP) is 3.37. The van der Waals surface area contributed by atoms with Crippen molar-refractivity contribution in [3.05, 3.63) is 48.4 Å². The van der Waals surface area contributed by atoms with Crippen LogP contribution in [0.1, 0.15) is 12.8 Å². The second-order valence-corrected chi connectivity index (χ2v) is 6.08. The van der Waals surface area contributed by atoms with Crippen LogP contribution in [-0.4, -0.2) is 34.4 Å². The van der Waals surface area contributed by atoms with Gasteiger partial charge in [-0.2, -0.15) is 9.61 Å². The molecule has 1 aliphatic rings. The Labute approximate surface area is 139 Å². The maximum atomic E-state index is 13.1. The molecule has 5 nitrogen and oxygen atoms in total. The van der Waals surface area contributed by atoms with Crippen LogP contribution < -0.4 is 5.32 Å². The Morgan fingerprint density at radius 3 is 2.92 bits per heavy atom. The molecule has 0 aliphatic carbocycles. The molecule has 124 valence electrons. The van der Waals surface area contributed by atoms with Gasteiger partial charge in [-0.3, -0.25) is 0 Å². The van der Waals surface area contributed by atoms with E-state index in [1.54, 1.807) is 22.8 Å². The second kappa shape index (κ2) is 6.57. The van der Waals surface area contributed by atoms with Crippen molar-refractivity contribution in [3.63, 3.8) is 0 Å². The van der Waals surface area contributed by atoms with Gasteiger partial charge in [0, 0.05) is 37.5 Å². The van der Waals surface area contributed by atoms with Crippen molar-refractivity contribution in [2.75, 3.05) is 25.1 Å². The van der Waals surface area contributed by atoms with Crippen molar-refractivity contribution in [1.82, 2.24) is 14.6 Å². The number of rotatable bonds is 5. The highest BCUT2D eigenvalue weighted by molar-refractivity contribution is 5.66. The maximum absolute atomic E-state index is 13.1. The van der Waals surface area contributed by atoms with E-state index in [0.717, 1.165) is 55.3 Å². The number of anilines is 1. The van der Waals surface area contributed by atoms with E-state index in [1.807, 2.05) is 12.1 Å². The summed E-state index contributed by atoms with van der Waals surface area (Å²) in [7, 11) is 0. The Balaban J connectivity index is 1.58. The maximum Gasteiger partial charge on any atom is 0.157 e. The van der Waals surface area contributed by atoms with E-state index >= 15 is 0 Å². The Hall–Kier alpha value is -2.47. The highest BCUT2D eigenvalue weighted by atomic mass is 19.1. The first-order chi connectivity index (χ1) is 11.8. The number of hydrogen-bond donors (Lipinski definition) is 1. The number of aromatic nitrogens is 3. The van der Waals surface area contributed by atoms with Gasteiger partial charge < -0.3 is 10.1 Å². The smallest absolute Gasteiger partial charge is 0.157 e. The minimum Gasteiger partial charge on any atom is -0.381 e. The molecule has 0 amide bonds. The van der Waals surface area contributed by atoms with Gasteiger partial charge in [0.25, 0.3) is 0 Å². The van der Waals surface area contributed by atoms with Crippen LogP contribution in [0.3, 0.4) is 0 Å². The molecule has 1 N–H and O–H groups in total. The van der Waals surface area contributed by atoms with Crippen molar-refractivity contribution in [2.45, 2.75) is 12.8 Å². The molecule has 24 heavy (non-hydrogen) atoms. The molecular formula is C18H19FN4O. The predicted molar refractivity (Wildman–Crippen MR) is 90.4 cm³/mol. The van der Waals surface area contributed by atoms with Gasteiger partial charge in [-0.15, -0.1) is 0 Å². The largest absolute Gasteiger partial charge is 0.381 e. The first-order valence-electron chi connectivity index (χ1n) is 8.22. The number of nitrogens with one attached hydrogen (secondary N) is 1. The van der Waals surface area contributed by atoms with Crippen molar-refractivity contribution in [2.24, 2.45) is 5.92 Å². The molecule has 2 aromatic heterocycles. The van der Waals surface area contributed by atoms with Crippen LogP contribution >= 0.6 is 0 Å². The van der Waals surface area contributed by atoms with Crippen molar-refractivity contribution >= 4 is 11.5 Å². The summed E-state index contributed by atoms with van der Waals surface area (Å²) in [6, 6.07) is 10.2. The summed E-state index contributed by atoms with van der Waals surface area (Å²) < 4.78 is 20.4. The van der Waals surface area contributed by atoms with E-state index in [1.165, 1.54) is 12.1 Å². The lowest BCUT2D eigenvalue weighted by Gasteiger charge is -2.12. The molecule has 0 bridgehead atoms. The standard InChI is InChI=1S/C18H19FN4O/c19-15-3-1-14(2-4-15)16-11-18(23-17(22-16)6-9-21-23)20-8-5-13-7-10-24-12-13/h1-4,6,9,11,13,20H,5,7-8,10,12H2. The second-order valence-electron chi connectivity index (χ2n) is 6.08. The molecule has 1 atom stereocenters. The number of ether oxygens (including phenoxy) is 1. The van der Waals surface area contributed by atoms with E-state index in [2.05, 4.69) is 15.4 Å². The molecule has 0 radical (unpaired) electrons. The first kappa shape index (κ1) is 15.1. The third-order valence-electron chi connectivity index (χ3n) is 4.38. The van der Waals surface area contributed by atoms with E-state index < -0.39 is 0 Å². The van der Waals surface area contributed by atoms with Crippen LogP contribution in [0.2, 0.25) is 0 Å². The topological polar surface area (TPSA) is 51.5 Å². The minimum absolute atomic E-state index is 0.249. The number of benzene rings is 1. The number of halogens is 1. The summed E-state index contributed by atoms with van der Waals surface area (Å²) in [5.74, 6) is 1.27. The zero-order valence-corrected chi connectivity index (χ0v) is 13.3. The zero-order valence-electron chi connectivity index (χ0n) is 13.3. The average Bonchev–Trinajstić information content (AvgIpc) is 3.26. The minimum atomic E-state index is -0.249. The molecule has 3 heterocycles. The van der Waals surface area contributed by atoms with Crippen LogP contribution in [0.25, 0.3) is 16.9 Å². The lowest BCUT2D eigenvalue weighted by Crippen LogP contribution is -2.12. The van der Waals surface area contributed by atoms with Gasteiger partial charge in [-0.1, -0.05) is 0 Å². The Kier molecular flexibility index (Phi) is 4.13. The van der Waals surface area contributed by atoms with Gasteiger partial charge in [-0.25, -0.2) is 9.37 Å². The molecule has 1 aliphatic heterocycles. The summed E-state index contributed by atoms with van der Waals surface area (Å²) in [4.78, 5) is 4.60.